The van der Waals surface area contributed by atoms with Crippen molar-refractivity contribution in [3.63, 3.8) is 0 Å². The van der Waals surface area contributed by atoms with Gasteiger partial charge < -0.3 is 18.9 Å². The van der Waals surface area contributed by atoms with Crippen molar-refractivity contribution in [2.75, 3.05) is 21.3 Å². The van der Waals surface area contributed by atoms with Crippen molar-refractivity contribution < 1.29 is 23.7 Å². The number of hydrogen-bond donors (Lipinski definition) is 0. The number of ether oxygens (including phenoxy) is 4. The van der Waals surface area contributed by atoms with Crippen molar-refractivity contribution in [1.82, 2.24) is 4.90 Å². The van der Waals surface area contributed by atoms with Crippen molar-refractivity contribution in [3.8, 4) is 11.5 Å². The number of aliphatic imine (C=N–C) groups is 1. The Labute approximate surface area is 192 Å². The SMILES string of the molecule is C=CC[C@@]1(Cc2cc(OC)cc(OC)c2)C(OC)=N[C@H](C(C)(C)C)N1C(=O)OC(C)(C)C. The van der Waals surface area contributed by atoms with Gasteiger partial charge in [-0.05, 0) is 44.9 Å². The molecule has 7 heteroatoms. The molecular formula is C25H38N2O5. The zero-order valence-electron chi connectivity index (χ0n) is 20.9. The van der Waals surface area contributed by atoms with Gasteiger partial charge in [0.1, 0.15) is 28.8 Å². The molecule has 7 nitrogen and oxygen atoms in total. The maximum absolute atomic E-state index is 13.6. The van der Waals surface area contributed by atoms with Gasteiger partial charge in [0.2, 0.25) is 5.90 Å². The monoisotopic (exact) mass is 446 g/mol. The molecule has 2 rings (SSSR count). The van der Waals surface area contributed by atoms with Gasteiger partial charge in [-0.3, -0.25) is 4.90 Å². The van der Waals surface area contributed by atoms with Gasteiger partial charge in [-0.1, -0.05) is 26.8 Å². The van der Waals surface area contributed by atoms with Crippen molar-refractivity contribution >= 4 is 12.0 Å². The molecule has 0 radical (unpaired) electrons. The molecule has 1 aliphatic heterocycles. The Bertz CT molecular complexity index is 844. The van der Waals surface area contributed by atoms with Crippen LogP contribution in [0, 0.1) is 5.41 Å². The maximum atomic E-state index is 13.6. The quantitative estimate of drug-likeness (QED) is 0.560. The Hall–Kier alpha value is -2.70. The highest BCUT2D eigenvalue weighted by Crippen LogP contribution is 2.43. The topological polar surface area (TPSA) is 69.6 Å². The highest BCUT2D eigenvalue weighted by Gasteiger charge is 2.56. The number of carbonyl (C=O) groups excluding carboxylic acids is 1. The molecule has 178 valence electrons. The summed E-state index contributed by atoms with van der Waals surface area (Å²) in [5.41, 5.74) is -1.01. The van der Waals surface area contributed by atoms with Crippen molar-refractivity contribution in [3.05, 3.63) is 36.4 Å². The minimum absolute atomic E-state index is 0.352. The van der Waals surface area contributed by atoms with Gasteiger partial charge in [-0.2, -0.15) is 0 Å². The first kappa shape index (κ1) is 25.6. The van der Waals surface area contributed by atoms with E-state index in [1.54, 1.807) is 32.3 Å². The van der Waals surface area contributed by atoms with E-state index in [4.69, 9.17) is 23.9 Å². The van der Waals surface area contributed by atoms with Crippen LogP contribution in [0.5, 0.6) is 11.5 Å². The van der Waals surface area contributed by atoms with Gasteiger partial charge in [-0.15, -0.1) is 6.58 Å². The number of rotatable bonds is 6. The summed E-state index contributed by atoms with van der Waals surface area (Å²) in [4.78, 5) is 20.2. The van der Waals surface area contributed by atoms with Crippen LogP contribution in [0.4, 0.5) is 4.79 Å². The summed E-state index contributed by atoms with van der Waals surface area (Å²) < 4.78 is 22.5. The fraction of sp³-hybridized carbons (Fsp3) is 0.600. The molecule has 1 amide bonds. The lowest BCUT2D eigenvalue weighted by Crippen LogP contribution is -2.60. The lowest BCUT2D eigenvalue weighted by molar-refractivity contribution is -0.0148. The summed E-state index contributed by atoms with van der Waals surface area (Å²) in [6.45, 7) is 15.7. The highest BCUT2D eigenvalue weighted by atomic mass is 16.6. The Morgan fingerprint density at radius 2 is 1.62 bits per heavy atom. The minimum atomic E-state index is -0.909. The summed E-state index contributed by atoms with van der Waals surface area (Å²) in [5.74, 6) is 1.81. The number of hydrogen-bond acceptors (Lipinski definition) is 6. The van der Waals surface area contributed by atoms with Gasteiger partial charge >= 0.3 is 6.09 Å². The van der Waals surface area contributed by atoms with Crippen molar-refractivity contribution in [2.45, 2.75) is 71.7 Å². The lowest BCUT2D eigenvalue weighted by Gasteiger charge is -2.43. The average Bonchev–Trinajstić information content (AvgIpc) is 3.00. The van der Waals surface area contributed by atoms with Crippen LogP contribution < -0.4 is 9.47 Å². The second-order valence-corrected chi connectivity index (χ2v) is 10.2. The van der Waals surface area contributed by atoms with Gasteiger partial charge in [0.15, 0.2) is 0 Å². The molecule has 0 N–H and O–H groups in total. The van der Waals surface area contributed by atoms with E-state index >= 15 is 0 Å². The number of benzene rings is 1. The average molecular weight is 447 g/mol. The molecule has 1 aliphatic rings. The first-order valence-electron chi connectivity index (χ1n) is 10.8. The fourth-order valence-electron chi connectivity index (χ4n) is 4.00. The molecule has 0 unspecified atom stereocenters. The van der Waals surface area contributed by atoms with E-state index in [-0.39, 0.29) is 5.41 Å². The largest absolute Gasteiger partial charge is 0.497 e. The first-order chi connectivity index (χ1) is 14.8. The molecular weight excluding hydrogens is 408 g/mol. The van der Waals surface area contributed by atoms with Crippen LogP contribution in [0.3, 0.4) is 0 Å². The van der Waals surface area contributed by atoms with Crippen LogP contribution in [-0.4, -0.2) is 55.5 Å². The molecule has 1 heterocycles. The van der Waals surface area contributed by atoms with Crippen LogP contribution in [0.1, 0.15) is 53.5 Å². The Kier molecular flexibility index (Phi) is 7.53. The van der Waals surface area contributed by atoms with E-state index in [0.717, 1.165) is 5.56 Å². The standard InChI is InChI=1S/C25H38N2O5/c1-11-12-25(16-17-13-18(29-8)15-19(14-17)30-9)21(31-10)26-20(23(2,3)4)27(25)22(28)32-24(5,6)7/h11,13-15,20H,1,12,16H2,2-10H3/t20-,25+/m0/s1. The third-order valence-corrected chi connectivity index (χ3v) is 5.29. The zero-order chi connectivity index (χ0) is 24.3. The van der Waals surface area contributed by atoms with E-state index in [2.05, 4.69) is 6.58 Å². The number of carbonyl (C=O) groups is 1. The molecule has 0 saturated heterocycles. The molecule has 32 heavy (non-hydrogen) atoms. The Morgan fingerprint density at radius 3 is 2.03 bits per heavy atom. The summed E-state index contributed by atoms with van der Waals surface area (Å²) >= 11 is 0. The summed E-state index contributed by atoms with van der Waals surface area (Å²) in [6.07, 6.45) is 1.73. The second-order valence-electron chi connectivity index (χ2n) is 10.2. The molecule has 0 bridgehead atoms. The minimum Gasteiger partial charge on any atom is -0.497 e. The van der Waals surface area contributed by atoms with Crippen LogP contribution in [-0.2, 0) is 15.9 Å². The van der Waals surface area contributed by atoms with Gasteiger partial charge in [0.25, 0.3) is 0 Å². The van der Waals surface area contributed by atoms with Gasteiger partial charge in [0, 0.05) is 17.9 Å². The molecule has 0 aliphatic carbocycles. The van der Waals surface area contributed by atoms with E-state index < -0.39 is 23.4 Å². The van der Waals surface area contributed by atoms with Crippen LogP contribution in [0.25, 0.3) is 0 Å². The maximum Gasteiger partial charge on any atom is 0.412 e. The molecule has 1 aromatic carbocycles. The van der Waals surface area contributed by atoms with Crippen LogP contribution >= 0.6 is 0 Å². The predicted molar refractivity (Wildman–Crippen MR) is 127 cm³/mol. The normalized spacial score (nSPS) is 21.1. The van der Waals surface area contributed by atoms with E-state index in [0.29, 0.717) is 30.2 Å². The number of nitrogens with zero attached hydrogens (tertiary/aromatic N) is 2. The molecule has 1 aromatic rings. The third-order valence-electron chi connectivity index (χ3n) is 5.29. The Balaban J connectivity index is 2.69. The van der Waals surface area contributed by atoms with Gasteiger partial charge in [0.05, 0.1) is 21.3 Å². The lowest BCUT2D eigenvalue weighted by atomic mass is 9.83. The third kappa shape index (κ3) is 5.37. The van der Waals surface area contributed by atoms with Crippen molar-refractivity contribution in [1.29, 1.82) is 0 Å². The van der Waals surface area contributed by atoms with Crippen LogP contribution in [0.2, 0.25) is 0 Å². The van der Waals surface area contributed by atoms with Crippen molar-refractivity contribution in [2.24, 2.45) is 10.4 Å². The van der Waals surface area contributed by atoms with Crippen LogP contribution in [0.15, 0.2) is 35.8 Å². The van der Waals surface area contributed by atoms with Gasteiger partial charge in [-0.25, -0.2) is 9.79 Å². The first-order valence-corrected chi connectivity index (χ1v) is 10.8. The van der Waals surface area contributed by atoms with E-state index in [1.165, 1.54) is 0 Å². The van der Waals surface area contributed by atoms with E-state index in [9.17, 15) is 4.79 Å². The smallest absolute Gasteiger partial charge is 0.412 e. The molecule has 0 aromatic heterocycles. The Morgan fingerprint density at radius 1 is 1.06 bits per heavy atom. The highest BCUT2D eigenvalue weighted by molar-refractivity contribution is 5.93. The molecule has 0 fully saturated rings. The van der Waals surface area contributed by atoms with E-state index in [1.807, 2.05) is 59.7 Å². The number of methoxy groups -OCH3 is 3. The molecule has 0 spiro atoms. The second kappa shape index (κ2) is 9.43. The summed E-state index contributed by atoms with van der Waals surface area (Å²) in [5, 5.41) is 0. The number of amides is 1. The fourth-order valence-corrected chi connectivity index (χ4v) is 4.00. The summed E-state index contributed by atoms with van der Waals surface area (Å²) in [7, 11) is 4.80. The predicted octanol–water partition coefficient (Wildman–Crippen LogP) is 5.23. The summed E-state index contributed by atoms with van der Waals surface area (Å²) in [6, 6.07) is 5.67. The zero-order valence-corrected chi connectivity index (χ0v) is 20.9. The molecule has 0 saturated carbocycles. The molecule has 2 atom stereocenters.